The minimum absolute atomic E-state index is 0.0674. The number of hydrogen-bond acceptors (Lipinski definition) is 5. The Bertz CT molecular complexity index is 1330. The number of benzene rings is 2. The van der Waals surface area contributed by atoms with Crippen LogP contribution in [0.4, 0.5) is 18.9 Å². The van der Waals surface area contributed by atoms with Crippen molar-refractivity contribution in [1.82, 2.24) is 4.57 Å². The maximum Gasteiger partial charge on any atom is 0.418 e. The fourth-order valence-corrected chi connectivity index (χ4v) is 4.41. The number of nitrogens with two attached hydrogens (primary N) is 1. The van der Waals surface area contributed by atoms with E-state index >= 15 is 0 Å². The normalized spacial score (nSPS) is 16.5. The van der Waals surface area contributed by atoms with Crippen molar-refractivity contribution in [2.45, 2.75) is 31.5 Å². The molecule has 1 aromatic heterocycles. The van der Waals surface area contributed by atoms with E-state index in [1.165, 1.54) is 31.4 Å². The summed E-state index contributed by atoms with van der Waals surface area (Å²) < 4.78 is 48.8. The summed E-state index contributed by atoms with van der Waals surface area (Å²) in [5.74, 6) is -1.54. The monoisotopic (exact) mass is 473 g/mol. The number of nitrogens with zero attached hydrogens (tertiary/aromatic N) is 2. The Labute approximate surface area is 192 Å². The van der Waals surface area contributed by atoms with Gasteiger partial charge in [-0.3, -0.25) is 9.59 Å². The SMILES string of the molecule is COC(=O)C1CCCCN1c1ccc(-n2cc(C(N)=O)c(=O)c3ccccc32)c(C(F)(F)F)c1. The van der Waals surface area contributed by atoms with E-state index in [-0.39, 0.29) is 22.3 Å². The molecular weight excluding hydrogens is 451 g/mol. The number of carbonyl (C=O) groups excluding carboxylic acids is 2. The molecule has 2 N–H and O–H groups in total. The molecule has 1 aliphatic rings. The molecule has 34 heavy (non-hydrogen) atoms. The summed E-state index contributed by atoms with van der Waals surface area (Å²) in [7, 11) is 1.25. The zero-order chi connectivity index (χ0) is 24.6. The number of piperidine rings is 1. The number of carbonyl (C=O) groups is 2. The molecule has 7 nitrogen and oxygen atoms in total. The lowest BCUT2D eigenvalue weighted by Crippen LogP contribution is -2.45. The molecule has 0 aliphatic carbocycles. The van der Waals surface area contributed by atoms with Crippen LogP contribution in [-0.2, 0) is 15.7 Å². The standard InChI is InChI=1S/C24H22F3N3O4/c1-34-23(33)20-8-4-5-11-29(20)14-9-10-19(17(12-14)24(25,26)27)30-13-16(22(28)32)21(31)15-6-2-3-7-18(15)30/h2-3,6-7,9-10,12-13,20H,4-5,8,11H2,1H3,(H2,28,32). The first kappa shape index (κ1) is 23.3. The van der Waals surface area contributed by atoms with Gasteiger partial charge in [-0.2, -0.15) is 13.2 Å². The van der Waals surface area contributed by atoms with Crippen LogP contribution < -0.4 is 16.1 Å². The van der Waals surface area contributed by atoms with Crippen molar-refractivity contribution in [2.75, 3.05) is 18.6 Å². The molecular formula is C24H22F3N3O4. The average molecular weight is 473 g/mol. The highest BCUT2D eigenvalue weighted by Crippen LogP contribution is 2.38. The third kappa shape index (κ3) is 4.11. The quantitative estimate of drug-likeness (QED) is 0.584. The minimum Gasteiger partial charge on any atom is -0.467 e. The van der Waals surface area contributed by atoms with Crippen LogP contribution in [0.15, 0.2) is 53.5 Å². The van der Waals surface area contributed by atoms with Crippen LogP contribution in [0.2, 0.25) is 0 Å². The molecule has 3 aromatic rings. The number of primary amides is 1. The van der Waals surface area contributed by atoms with E-state index < -0.39 is 40.7 Å². The highest BCUT2D eigenvalue weighted by Gasteiger charge is 2.37. The number of halogens is 3. The number of rotatable bonds is 4. The molecule has 0 bridgehead atoms. The lowest BCUT2D eigenvalue weighted by Gasteiger charge is -2.36. The van der Waals surface area contributed by atoms with E-state index in [9.17, 15) is 27.6 Å². The Hall–Kier alpha value is -3.82. The van der Waals surface area contributed by atoms with Gasteiger partial charge in [-0.25, -0.2) is 4.79 Å². The number of para-hydroxylation sites is 1. The lowest BCUT2D eigenvalue weighted by atomic mass is 10.00. The summed E-state index contributed by atoms with van der Waals surface area (Å²) in [6, 6.07) is 9.11. The largest absolute Gasteiger partial charge is 0.467 e. The number of pyridine rings is 1. The van der Waals surface area contributed by atoms with Crippen molar-refractivity contribution >= 4 is 28.5 Å². The first-order valence-electron chi connectivity index (χ1n) is 10.6. The third-order valence-electron chi connectivity index (χ3n) is 6.03. The van der Waals surface area contributed by atoms with Gasteiger partial charge in [0.15, 0.2) is 0 Å². The molecule has 1 aliphatic heterocycles. The zero-order valence-electron chi connectivity index (χ0n) is 18.3. The van der Waals surface area contributed by atoms with Crippen molar-refractivity contribution in [2.24, 2.45) is 5.73 Å². The van der Waals surface area contributed by atoms with Crippen LogP contribution in [-0.4, -0.2) is 36.1 Å². The van der Waals surface area contributed by atoms with Crippen molar-refractivity contribution in [3.05, 3.63) is 70.0 Å². The smallest absolute Gasteiger partial charge is 0.418 e. The van der Waals surface area contributed by atoms with E-state index in [0.29, 0.717) is 13.0 Å². The van der Waals surface area contributed by atoms with Gasteiger partial charge in [0.2, 0.25) is 5.43 Å². The van der Waals surface area contributed by atoms with E-state index in [1.54, 1.807) is 17.0 Å². The number of fused-ring (bicyclic) bond motifs is 1. The molecule has 0 radical (unpaired) electrons. The summed E-state index contributed by atoms with van der Waals surface area (Å²) in [6.07, 6.45) is -1.76. The predicted molar refractivity (Wildman–Crippen MR) is 120 cm³/mol. The molecule has 1 saturated heterocycles. The first-order chi connectivity index (χ1) is 16.1. The van der Waals surface area contributed by atoms with Crippen molar-refractivity contribution in [3.8, 4) is 5.69 Å². The number of hydrogen-bond donors (Lipinski definition) is 1. The van der Waals surface area contributed by atoms with Gasteiger partial charge >= 0.3 is 12.1 Å². The number of methoxy groups -OCH3 is 1. The number of amides is 1. The summed E-state index contributed by atoms with van der Waals surface area (Å²) in [5.41, 5.74) is 3.42. The Balaban J connectivity index is 1.95. The second-order valence-corrected chi connectivity index (χ2v) is 8.05. The van der Waals surface area contributed by atoms with Gasteiger partial charge in [-0.15, -0.1) is 0 Å². The van der Waals surface area contributed by atoms with Gasteiger partial charge in [0.25, 0.3) is 5.91 Å². The molecule has 1 unspecified atom stereocenters. The molecule has 1 atom stereocenters. The fourth-order valence-electron chi connectivity index (χ4n) is 4.41. The number of esters is 1. The van der Waals surface area contributed by atoms with Gasteiger partial charge < -0.3 is 19.9 Å². The Kier molecular flexibility index (Phi) is 6.07. The number of alkyl halides is 3. The Morgan fingerprint density at radius 1 is 1.12 bits per heavy atom. The highest BCUT2D eigenvalue weighted by atomic mass is 19.4. The molecule has 2 heterocycles. The summed E-state index contributed by atoms with van der Waals surface area (Å²) in [6.45, 7) is 0.406. The first-order valence-corrected chi connectivity index (χ1v) is 10.6. The highest BCUT2D eigenvalue weighted by molar-refractivity contribution is 5.96. The average Bonchev–Trinajstić information content (AvgIpc) is 2.83. The van der Waals surface area contributed by atoms with E-state index in [0.717, 1.165) is 29.7 Å². The number of aromatic nitrogens is 1. The van der Waals surface area contributed by atoms with E-state index in [4.69, 9.17) is 10.5 Å². The Morgan fingerprint density at radius 3 is 2.53 bits per heavy atom. The summed E-state index contributed by atoms with van der Waals surface area (Å²) >= 11 is 0. The van der Waals surface area contributed by atoms with Gasteiger partial charge in [-0.05, 0) is 49.6 Å². The second kappa shape index (κ2) is 8.85. The van der Waals surface area contributed by atoms with Crippen LogP contribution in [0.3, 0.4) is 0 Å². The van der Waals surface area contributed by atoms with Gasteiger partial charge in [0.05, 0.1) is 23.9 Å². The van der Waals surface area contributed by atoms with Crippen molar-refractivity contribution in [3.63, 3.8) is 0 Å². The van der Waals surface area contributed by atoms with Crippen LogP contribution in [0.25, 0.3) is 16.6 Å². The van der Waals surface area contributed by atoms with Crippen LogP contribution in [0.5, 0.6) is 0 Å². The Morgan fingerprint density at radius 2 is 1.85 bits per heavy atom. The van der Waals surface area contributed by atoms with Crippen molar-refractivity contribution < 1.29 is 27.5 Å². The van der Waals surface area contributed by atoms with Gasteiger partial charge in [0, 0.05) is 23.8 Å². The number of anilines is 1. The van der Waals surface area contributed by atoms with Gasteiger partial charge in [-0.1, -0.05) is 12.1 Å². The second-order valence-electron chi connectivity index (χ2n) is 8.05. The maximum absolute atomic E-state index is 14.3. The molecule has 0 spiro atoms. The third-order valence-corrected chi connectivity index (χ3v) is 6.03. The molecule has 0 saturated carbocycles. The molecule has 1 fully saturated rings. The molecule has 4 rings (SSSR count). The topological polar surface area (TPSA) is 94.6 Å². The maximum atomic E-state index is 14.3. The molecule has 10 heteroatoms. The summed E-state index contributed by atoms with van der Waals surface area (Å²) in [4.78, 5) is 38.3. The zero-order valence-corrected chi connectivity index (χ0v) is 18.3. The predicted octanol–water partition coefficient (Wildman–Crippen LogP) is 3.64. The van der Waals surface area contributed by atoms with Crippen LogP contribution >= 0.6 is 0 Å². The lowest BCUT2D eigenvalue weighted by molar-refractivity contribution is -0.142. The van der Waals surface area contributed by atoms with Gasteiger partial charge in [0.1, 0.15) is 11.6 Å². The molecule has 178 valence electrons. The van der Waals surface area contributed by atoms with E-state index in [1.807, 2.05) is 0 Å². The van der Waals surface area contributed by atoms with Crippen LogP contribution in [0.1, 0.15) is 35.2 Å². The molecule has 1 amide bonds. The minimum atomic E-state index is -4.76. The van der Waals surface area contributed by atoms with E-state index in [2.05, 4.69) is 0 Å². The van der Waals surface area contributed by atoms with Crippen LogP contribution in [0, 0.1) is 0 Å². The fraction of sp³-hybridized carbons (Fsp3) is 0.292. The molecule has 2 aromatic carbocycles. The summed E-state index contributed by atoms with van der Waals surface area (Å²) in [5, 5.41) is 0.0674. The van der Waals surface area contributed by atoms with Crippen molar-refractivity contribution in [1.29, 1.82) is 0 Å². The number of ether oxygens (including phenoxy) is 1.